The Morgan fingerprint density at radius 3 is 2.44 bits per heavy atom. The van der Waals surface area contributed by atoms with Gasteiger partial charge in [-0.25, -0.2) is 19.9 Å². The van der Waals surface area contributed by atoms with E-state index in [2.05, 4.69) is 29.7 Å². The summed E-state index contributed by atoms with van der Waals surface area (Å²) in [6.45, 7) is 3.62. The lowest BCUT2D eigenvalue weighted by atomic mass is 10.2. The topological polar surface area (TPSA) is 70.9 Å². The second kappa shape index (κ2) is 6.90. The minimum atomic E-state index is 0.789. The first kappa shape index (κ1) is 16.1. The molecule has 0 N–H and O–H groups in total. The van der Waals surface area contributed by atoms with Gasteiger partial charge in [-0.05, 0) is 37.5 Å². The number of rotatable bonds is 3. The zero-order valence-electron chi connectivity index (χ0n) is 15.1. The van der Waals surface area contributed by atoms with Crippen molar-refractivity contribution in [2.24, 2.45) is 0 Å². The highest BCUT2D eigenvalue weighted by Gasteiger charge is 2.25. The van der Waals surface area contributed by atoms with E-state index in [-0.39, 0.29) is 0 Å². The summed E-state index contributed by atoms with van der Waals surface area (Å²) in [4.78, 5) is 27.0. The smallest absolute Gasteiger partial charge is 0.225 e. The number of nitrogens with zero attached hydrogens (tertiary/aromatic N) is 7. The molecule has 0 amide bonds. The first-order chi connectivity index (χ1) is 13.4. The van der Waals surface area contributed by atoms with Crippen molar-refractivity contribution in [2.75, 3.05) is 36.0 Å². The van der Waals surface area contributed by atoms with Crippen LogP contribution in [0.4, 0.5) is 11.8 Å². The average molecular weight is 359 g/mol. The van der Waals surface area contributed by atoms with Gasteiger partial charge in [-0.1, -0.05) is 0 Å². The highest BCUT2D eigenvalue weighted by atomic mass is 15.3. The molecule has 1 fully saturated rings. The summed E-state index contributed by atoms with van der Waals surface area (Å²) in [5.41, 5.74) is 4.57. The van der Waals surface area contributed by atoms with Crippen LogP contribution in [0.1, 0.15) is 17.7 Å². The average Bonchev–Trinajstić information content (AvgIpc) is 3.24. The van der Waals surface area contributed by atoms with Gasteiger partial charge in [0.2, 0.25) is 5.95 Å². The summed E-state index contributed by atoms with van der Waals surface area (Å²) in [5.74, 6) is 1.92. The van der Waals surface area contributed by atoms with E-state index >= 15 is 0 Å². The molecule has 27 heavy (non-hydrogen) atoms. The van der Waals surface area contributed by atoms with Crippen LogP contribution in [0.3, 0.4) is 0 Å². The third-order valence-electron chi connectivity index (χ3n) is 5.33. The lowest BCUT2D eigenvalue weighted by molar-refractivity contribution is 0.632. The van der Waals surface area contributed by atoms with Crippen LogP contribution in [0.15, 0.2) is 43.1 Å². The molecule has 1 aliphatic carbocycles. The lowest BCUT2D eigenvalue weighted by Crippen LogP contribution is -2.47. The Morgan fingerprint density at radius 1 is 0.778 bits per heavy atom. The number of anilines is 2. The molecular weight excluding hydrogens is 338 g/mol. The quantitative estimate of drug-likeness (QED) is 0.709. The maximum atomic E-state index is 4.77. The molecule has 0 bridgehead atoms. The van der Waals surface area contributed by atoms with Crippen molar-refractivity contribution in [2.45, 2.75) is 19.3 Å². The molecular formula is C20H21N7. The Hall–Kier alpha value is -3.09. The van der Waals surface area contributed by atoms with Gasteiger partial charge in [0.25, 0.3) is 0 Å². The Balaban J connectivity index is 1.32. The fraction of sp³-hybridized carbons (Fsp3) is 0.350. The van der Waals surface area contributed by atoms with Gasteiger partial charge in [-0.3, -0.25) is 4.98 Å². The largest absolute Gasteiger partial charge is 0.353 e. The normalized spacial score (nSPS) is 16.4. The zero-order chi connectivity index (χ0) is 18.1. The Bertz CT molecular complexity index is 936. The van der Waals surface area contributed by atoms with Gasteiger partial charge >= 0.3 is 0 Å². The van der Waals surface area contributed by atoms with Crippen molar-refractivity contribution in [3.05, 3.63) is 54.4 Å². The highest BCUT2D eigenvalue weighted by Crippen LogP contribution is 2.29. The summed E-state index contributed by atoms with van der Waals surface area (Å²) in [6, 6.07) is 5.89. The summed E-state index contributed by atoms with van der Waals surface area (Å²) in [6.07, 6.45) is 10.5. The van der Waals surface area contributed by atoms with Crippen molar-refractivity contribution in [3.63, 3.8) is 0 Å². The van der Waals surface area contributed by atoms with Crippen molar-refractivity contribution in [1.29, 1.82) is 0 Å². The van der Waals surface area contributed by atoms with Crippen molar-refractivity contribution in [3.8, 4) is 11.3 Å². The maximum Gasteiger partial charge on any atom is 0.225 e. The van der Waals surface area contributed by atoms with E-state index in [1.165, 1.54) is 17.7 Å². The van der Waals surface area contributed by atoms with E-state index in [9.17, 15) is 0 Å². The summed E-state index contributed by atoms with van der Waals surface area (Å²) in [7, 11) is 0. The molecule has 3 aromatic rings. The van der Waals surface area contributed by atoms with Crippen LogP contribution in [0.2, 0.25) is 0 Å². The van der Waals surface area contributed by atoms with Crippen molar-refractivity contribution >= 4 is 11.8 Å². The Labute approximate surface area is 158 Å². The third kappa shape index (κ3) is 3.09. The molecule has 7 heteroatoms. The molecule has 0 aromatic carbocycles. The van der Waals surface area contributed by atoms with Gasteiger partial charge in [0, 0.05) is 61.6 Å². The van der Waals surface area contributed by atoms with Crippen LogP contribution in [0.5, 0.6) is 0 Å². The van der Waals surface area contributed by atoms with E-state index in [4.69, 9.17) is 4.98 Å². The number of hydrogen-bond donors (Lipinski definition) is 0. The van der Waals surface area contributed by atoms with Crippen LogP contribution in [0, 0.1) is 0 Å². The summed E-state index contributed by atoms with van der Waals surface area (Å²) >= 11 is 0. The predicted molar refractivity (Wildman–Crippen MR) is 104 cm³/mol. The number of aromatic nitrogens is 5. The number of aryl methyl sites for hydroxylation is 1. The van der Waals surface area contributed by atoms with Gasteiger partial charge in [0.05, 0.1) is 5.69 Å². The molecule has 0 saturated carbocycles. The van der Waals surface area contributed by atoms with Gasteiger partial charge < -0.3 is 9.80 Å². The number of fused-ring (bicyclic) bond motifs is 1. The summed E-state index contributed by atoms with van der Waals surface area (Å²) in [5, 5.41) is 0. The first-order valence-corrected chi connectivity index (χ1v) is 9.44. The molecule has 2 aliphatic rings. The SMILES string of the molecule is c1cc(-c2ccnc(N3CCN(c4ncnc5c4CCC5)CC3)n2)ccn1. The zero-order valence-corrected chi connectivity index (χ0v) is 15.1. The number of hydrogen-bond acceptors (Lipinski definition) is 7. The second-order valence-corrected chi connectivity index (χ2v) is 6.93. The van der Waals surface area contributed by atoms with Gasteiger partial charge in [-0.15, -0.1) is 0 Å². The highest BCUT2D eigenvalue weighted by molar-refractivity contribution is 5.59. The van der Waals surface area contributed by atoms with Crippen LogP contribution in [0.25, 0.3) is 11.3 Å². The molecule has 0 unspecified atom stereocenters. The van der Waals surface area contributed by atoms with Crippen LogP contribution >= 0.6 is 0 Å². The van der Waals surface area contributed by atoms with E-state index in [1.54, 1.807) is 18.7 Å². The first-order valence-electron chi connectivity index (χ1n) is 9.44. The fourth-order valence-corrected chi connectivity index (χ4v) is 3.92. The van der Waals surface area contributed by atoms with Gasteiger partial charge in [-0.2, -0.15) is 0 Å². The number of piperazine rings is 1. The standard InChI is InChI=1S/C20H21N7/c1-2-16-18(3-1)23-14-24-19(16)26-10-12-27(13-11-26)20-22-9-6-17(25-20)15-4-7-21-8-5-15/h4-9,14H,1-3,10-13H2. The molecule has 0 atom stereocenters. The van der Waals surface area contributed by atoms with Gasteiger partial charge in [0.15, 0.2) is 0 Å². The maximum absolute atomic E-state index is 4.77. The number of pyridine rings is 1. The molecule has 0 radical (unpaired) electrons. The van der Waals surface area contributed by atoms with E-state index in [0.717, 1.165) is 62.0 Å². The van der Waals surface area contributed by atoms with Crippen molar-refractivity contribution in [1.82, 2.24) is 24.9 Å². The van der Waals surface area contributed by atoms with Crippen LogP contribution in [-0.2, 0) is 12.8 Å². The molecule has 4 heterocycles. The van der Waals surface area contributed by atoms with Gasteiger partial charge in [0.1, 0.15) is 12.1 Å². The predicted octanol–water partition coefficient (Wildman–Crippen LogP) is 2.14. The van der Waals surface area contributed by atoms with Crippen molar-refractivity contribution < 1.29 is 0 Å². The molecule has 5 rings (SSSR count). The van der Waals surface area contributed by atoms with Crippen LogP contribution in [-0.4, -0.2) is 51.1 Å². The minimum Gasteiger partial charge on any atom is -0.353 e. The van der Waals surface area contributed by atoms with E-state index in [1.807, 2.05) is 24.4 Å². The minimum absolute atomic E-state index is 0.789. The second-order valence-electron chi connectivity index (χ2n) is 6.93. The Morgan fingerprint density at radius 2 is 1.59 bits per heavy atom. The molecule has 3 aromatic heterocycles. The lowest BCUT2D eigenvalue weighted by Gasteiger charge is -2.36. The van der Waals surface area contributed by atoms with E-state index < -0.39 is 0 Å². The molecule has 0 spiro atoms. The fourth-order valence-electron chi connectivity index (χ4n) is 3.92. The van der Waals surface area contributed by atoms with E-state index in [0.29, 0.717) is 0 Å². The third-order valence-corrected chi connectivity index (χ3v) is 5.33. The van der Waals surface area contributed by atoms with Crippen LogP contribution < -0.4 is 9.80 Å². The molecule has 7 nitrogen and oxygen atoms in total. The molecule has 1 saturated heterocycles. The molecule has 1 aliphatic heterocycles. The monoisotopic (exact) mass is 359 g/mol. The summed E-state index contributed by atoms with van der Waals surface area (Å²) < 4.78 is 0. The molecule has 136 valence electrons. The Kier molecular flexibility index (Phi) is 4.12.